The molecule has 0 aromatic heterocycles. The number of ether oxygens (including phenoxy) is 2. The summed E-state index contributed by atoms with van der Waals surface area (Å²) in [7, 11) is 3.28. The molecule has 1 aliphatic carbocycles. The highest BCUT2D eigenvalue weighted by Crippen LogP contribution is 2.40. The zero-order valence-corrected chi connectivity index (χ0v) is 16.3. The highest BCUT2D eigenvalue weighted by Gasteiger charge is 2.26. The van der Waals surface area contributed by atoms with Crippen LogP contribution in [0.15, 0.2) is 59.3 Å². The first-order valence-electron chi connectivity index (χ1n) is 8.77. The van der Waals surface area contributed by atoms with Crippen molar-refractivity contribution in [1.82, 2.24) is 0 Å². The van der Waals surface area contributed by atoms with Gasteiger partial charge in [-0.1, -0.05) is 67.5 Å². The molecule has 0 unspecified atom stereocenters. The van der Waals surface area contributed by atoms with Gasteiger partial charge >= 0.3 is 0 Å². The van der Waals surface area contributed by atoms with Gasteiger partial charge in [0.1, 0.15) is 0 Å². The fourth-order valence-electron chi connectivity index (χ4n) is 3.16. The second kappa shape index (κ2) is 9.80. The van der Waals surface area contributed by atoms with Crippen LogP contribution < -0.4 is 0 Å². The van der Waals surface area contributed by atoms with Gasteiger partial charge in [-0.05, 0) is 44.1 Å². The number of hydrogen-bond donors (Lipinski definition) is 0. The number of hydrogen-bond acceptors (Lipinski definition) is 2. The van der Waals surface area contributed by atoms with Crippen molar-refractivity contribution in [2.45, 2.75) is 59.7 Å². The molecule has 0 saturated heterocycles. The second-order valence-corrected chi connectivity index (χ2v) is 7.30. The van der Waals surface area contributed by atoms with E-state index in [2.05, 4.69) is 52.5 Å². The van der Waals surface area contributed by atoms with Crippen molar-refractivity contribution in [3.05, 3.63) is 59.3 Å². The fraction of sp³-hybridized carbons (Fsp3) is 0.545. The molecule has 2 heteroatoms. The highest BCUT2D eigenvalue weighted by molar-refractivity contribution is 5.37. The third kappa shape index (κ3) is 6.62. The summed E-state index contributed by atoms with van der Waals surface area (Å²) in [5.74, 6) is 0. The molecular formula is C22H34O2. The monoisotopic (exact) mass is 330 g/mol. The molecule has 0 aromatic carbocycles. The summed E-state index contributed by atoms with van der Waals surface area (Å²) in [6.07, 6.45) is 14.9. The molecule has 0 amide bonds. The van der Waals surface area contributed by atoms with Crippen LogP contribution in [0.2, 0.25) is 0 Å². The molecule has 0 aromatic rings. The molecule has 0 fully saturated rings. The molecule has 2 nitrogen and oxygen atoms in total. The Balaban J connectivity index is 2.67. The Morgan fingerprint density at radius 1 is 1.25 bits per heavy atom. The lowest BCUT2D eigenvalue weighted by Gasteiger charge is -2.32. The SMILES string of the molecule is C=C(/C=C/C=C(C)/C=C/C1=C(C)CCCC1(C)C)CC(OC)OC. The molecule has 0 radical (unpaired) electrons. The summed E-state index contributed by atoms with van der Waals surface area (Å²) >= 11 is 0. The second-order valence-electron chi connectivity index (χ2n) is 7.30. The Kier molecular flexibility index (Phi) is 8.44. The average molecular weight is 331 g/mol. The van der Waals surface area contributed by atoms with E-state index in [9.17, 15) is 0 Å². The zero-order valence-electron chi connectivity index (χ0n) is 16.3. The molecule has 1 aliphatic rings. The van der Waals surface area contributed by atoms with Gasteiger partial charge in [0.15, 0.2) is 6.29 Å². The Morgan fingerprint density at radius 3 is 2.50 bits per heavy atom. The maximum absolute atomic E-state index is 5.18. The van der Waals surface area contributed by atoms with Gasteiger partial charge in [-0.15, -0.1) is 0 Å². The molecule has 0 bridgehead atoms. The van der Waals surface area contributed by atoms with Crippen molar-refractivity contribution in [3.63, 3.8) is 0 Å². The first kappa shape index (κ1) is 20.7. The molecule has 0 spiro atoms. The standard InChI is InChI=1S/C22H34O2/c1-17(10-8-11-18(2)16-21(23-6)24-7)13-14-20-19(3)12-9-15-22(20,4)5/h8,10-11,13-14,21H,2,9,12,15-16H2,1,3-7H3/b11-8+,14-13+,17-10+. The van der Waals surface area contributed by atoms with Gasteiger partial charge in [0.25, 0.3) is 0 Å². The van der Waals surface area contributed by atoms with E-state index in [1.807, 2.05) is 12.2 Å². The maximum atomic E-state index is 5.18. The van der Waals surface area contributed by atoms with Crippen molar-refractivity contribution < 1.29 is 9.47 Å². The maximum Gasteiger partial charge on any atom is 0.160 e. The predicted octanol–water partition coefficient (Wildman–Crippen LogP) is 6.14. The van der Waals surface area contributed by atoms with Crippen molar-refractivity contribution in [1.29, 1.82) is 0 Å². The van der Waals surface area contributed by atoms with E-state index in [-0.39, 0.29) is 6.29 Å². The van der Waals surface area contributed by atoms with Crippen LogP contribution in [0.4, 0.5) is 0 Å². The van der Waals surface area contributed by atoms with E-state index < -0.39 is 0 Å². The van der Waals surface area contributed by atoms with E-state index in [4.69, 9.17) is 9.47 Å². The first-order chi connectivity index (χ1) is 11.3. The van der Waals surface area contributed by atoms with Crippen LogP contribution in [0.25, 0.3) is 0 Å². The topological polar surface area (TPSA) is 18.5 Å². The van der Waals surface area contributed by atoms with E-state index in [0.29, 0.717) is 11.8 Å². The van der Waals surface area contributed by atoms with E-state index >= 15 is 0 Å². The van der Waals surface area contributed by atoms with Crippen LogP contribution in [0.5, 0.6) is 0 Å². The van der Waals surface area contributed by atoms with Crippen LogP contribution in [0.3, 0.4) is 0 Å². The average Bonchev–Trinajstić information content (AvgIpc) is 2.51. The first-order valence-corrected chi connectivity index (χ1v) is 8.77. The van der Waals surface area contributed by atoms with E-state index in [0.717, 1.165) is 5.57 Å². The lowest BCUT2D eigenvalue weighted by molar-refractivity contribution is -0.0996. The third-order valence-electron chi connectivity index (χ3n) is 4.70. The minimum absolute atomic E-state index is 0.226. The van der Waals surface area contributed by atoms with Gasteiger partial charge in [0.2, 0.25) is 0 Å². The van der Waals surface area contributed by atoms with Gasteiger partial charge in [-0.2, -0.15) is 0 Å². The van der Waals surface area contributed by atoms with Crippen molar-refractivity contribution in [2.24, 2.45) is 5.41 Å². The summed E-state index contributed by atoms with van der Waals surface area (Å²) in [5.41, 5.74) is 5.54. The quantitative estimate of drug-likeness (QED) is 0.393. The smallest absolute Gasteiger partial charge is 0.160 e. The largest absolute Gasteiger partial charge is 0.356 e. The van der Waals surface area contributed by atoms with Crippen molar-refractivity contribution >= 4 is 0 Å². The minimum atomic E-state index is -0.226. The van der Waals surface area contributed by atoms with Gasteiger partial charge in [0.05, 0.1) is 0 Å². The van der Waals surface area contributed by atoms with Crippen LogP contribution in [0.1, 0.15) is 53.4 Å². The van der Waals surface area contributed by atoms with Gasteiger partial charge in [0, 0.05) is 20.6 Å². The van der Waals surface area contributed by atoms with Crippen LogP contribution in [-0.2, 0) is 9.47 Å². The molecule has 0 saturated carbocycles. The van der Waals surface area contributed by atoms with Crippen LogP contribution >= 0.6 is 0 Å². The molecule has 0 heterocycles. The van der Waals surface area contributed by atoms with Crippen molar-refractivity contribution in [3.8, 4) is 0 Å². The molecule has 0 N–H and O–H groups in total. The molecule has 24 heavy (non-hydrogen) atoms. The summed E-state index contributed by atoms with van der Waals surface area (Å²) in [5, 5.41) is 0. The Bertz CT molecular complexity index is 540. The molecule has 0 aliphatic heterocycles. The van der Waals surface area contributed by atoms with E-state index in [1.165, 1.54) is 36.0 Å². The molecular weight excluding hydrogens is 296 g/mol. The number of rotatable bonds is 8. The minimum Gasteiger partial charge on any atom is -0.356 e. The van der Waals surface area contributed by atoms with Gasteiger partial charge in [-0.25, -0.2) is 0 Å². The normalized spacial score (nSPS) is 19.0. The molecule has 134 valence electrons. The lowest BCUT2D eigenvalue weighted by atomic mass is 9.72. The van der Waals surface area contributed by atoms with E-state index in [1.54, 1.807) is 14.2 Å². The lowest BCUT2D eigenvalue weighted by Crippen LogP contribution is -2.19. The summed E-state index contributed by atoms with van der Waals surface area (Å²) < 4.78 is 10.4. The fourth-order valence-corrected chi connectivity index (χ4v) is 3.16. The number of allylic oxidation sites excluding steroid dienone is 8. The van der Waals surface area contributed by atoms with Crippen LogP contribution in [0, 0.1) is 5.41 Å². The van der Waals surface area contributed by atoms with Gasteiger partial charge in [-0.3, -0.25) is 0 Å². The zero-order chi connectivity index (χ0) is 18.2. The highest BCUT2D eigenvalue weighted by atomic mass is 16.7. The Morgan fingerprint density at radius 2 is 1.92 bits per heavy atom. The predicted molar refractivity (Wildman–Crippen MR) is 104 cm³/mol. The Labute approximate surface area is 148 Å². The number of methoxy groups -OCH3 is 2. The summed E-state index contributed by atoms with van der Waals surface area (Å²) in [4.78, 5) is 0. The summed E-state index contributed by atoms with van der Waals surface area (Å²) in [6.45, 7) is 13.1. The van der Waals surface area contributed by atoms with Gasteiger partial charge < -0.3 is 9.47 Å². The van der Waals surface area contributed by atoms with Crippen LogP contribution in [-0.4, -0.2) is 20.5 Å². The third-order valence-corrected chi connectivity index (χ3v) is 4.70. The Hall–Kier alpha value is -1.38. The molecule has 1 rings (SSSR count). The molecule has 0 atom stereocenters. The van der Waals surface area contributed by atoms with Crippen molar-refractivity contribution in [2.75, 3.05) is 14.2 Å². The summed E-state index contributed by atoms with van der Waals surface area (Å²) in [6, 6.07) is 0.